The zero-order chi connectivity index (χ0) is 9.84. The van der Waals surface area contributed by atoms with Gasteiger partial charge in [-0.25, -0.2) is 4.79 Å². The van der Waals surface area contributed by atoms with Gasteiger partial charge in [-0.1, -0.05) is 11.6 Å². The van der Waals surface area contributed by atoms with Gasteiger partial charge in [0.25, 0.3) is 0 Å². The first kappa shape index (κ1) is 9.83. The van der Waals surface area contributed by atoms with Crippen LogP contribution in [0.5, 0.6) is 0 Å². The van der Waals surface area contributed by atoms with E-state index >= 15 is 0 Å². The number of carbonyl (C=O) groups excluding carboxylic acids is 1. The predicted molar refractivity (Wildman–Crippen MR) is 50.6 cm³/mol. The summed E-state index contributed by atoms with van der Waals surface area (Å²) in [6.45, 7) is 0. The molecular formula is C8H9ClN2O2. The van der Waals surface area contributed by atoms with Crippen LogP contribution in [-0.2, 0) is 4.74 Å². The van der Waals surface area contributed by atoms with E-state index in [9.17, 15) is 4.79 Å². The molecular weight excluding hydrogens is 192 g/mol. The molecule has 0 heterocycles. The van der Waals surface area contributed by atoms with Gasteiger partial charge in [-0.3, -0.25) is 5.84 Å². The van der Waals surface area contributed by atoms with E-state index in [1.807, 2.05) is 0 Å². The van der Waals surface area contributed by atoms with E-state index < -0.39 is 5.97 Å². The van der Waals surface area contributed by atoms with Crippen molar-refractivity contribution in [1.82, 2.24) is 0 Å². The van der Waals surface area contributed by atoms with Crippen molar-refractivity contribution in [2.24, 2.45) is 5.84 Å². The number of benzene rings is 1. The second-order valence-corrected chi connectivity index (χ2v) is 2.74. The van der Waals surface area contributed by atoms with Crippen LogP contribution in [0, 0.1) is 0 Å². The molecule has 0 atom stereocenters. The molecule has 0 amide bonds. The summed E-state index contributed by atoms with van der Waals surface area (Å²) in [7, 11) is 1.29. The first-order chi connectivity index (χ1) is 6.19. The lowest BCUT2D eigenvalue weighted by Crippen LogP contribution is -2.09. The van der Waals surface area contributed by atoms with Gasteiger partial charge in [0.05, 0.1) is 17.7 Å². The Labute approximate surface area is 80.6 Å². The number of rotatable bonds is 2. The minimum atomic E-state index is -0.484. The largest absolute Gasteiger partial charge is 0.465 e. The van der Waals surface area contributed by atoms with Crippen LogP contribution in [0.3, 0.4) is 0 Å². The second kappa shape index (κ2) is 4.11. The third-order valence-corrected chi connectivity index (χ3v) is 1.87. The van der Waals surface area contributed by atoms with E-state index in [0.29, 0.717) is 16.3 Å². The first-order valence-corrected chi connectivity index (χ1v) is 3.91. The third-order valence-electron chi connectivity index (χ3n) is 1.54. The minimum absolute atomic E-state index is 0.291. The highest BCUT2D eigenvalue weighted by atomic mass is 35.5. The van der Waals surface area contributed by atoms with Crippen molar-refractivity contribution in [2.45, 2.75) is 0 Å². The number of anilines is 1. The lowest BCUT2D eigenvalue weighted by atomic mass is 10.2. The molecule has 70 valence electrons. The maximum absolute atomic E-state index is 11.1. The highest BCUT2D eigenvalue weighted by Gasteiger charge is 2.10. The molecule has 0 saturated carbocycles. The topological polar surface area (TPSA) is 64.3 Å². The molecule has 3 N–H and O–H groups in total. The summed E-state index contributed by atoms with van der Waals surface area (Å²) in [5.41, 5.74) is 3.30. The standard InChI is InChI=1S/C8H9ClN2O2/c1-13-8(12)6-4-5(11-10)2-3-7(6)9/h2-4,11H,10H2,1H3. The monoisotopic (exact) mass is 200 g/mol. The number of hydrogen-bond donors (Lipinski definition) is 2. The van der Waals surface area contributed by atoms with Crippen LogP contribution < -0.4 is 11.3 Å². The molecule has 0 aliphatic heterocycles. The van der Waals surface area contributed by atoms with Crippen molar-refractivity contribution < 1.29 is 9.53 Å². The van der Waals surface area contributed by atoms with Crippen LogP contribution in [0.2, 0.25) is 5.02 Å². The molecule has 0 bridgehead atoms. The van der Waals surface area contributed by atoms with Crippen molar-refractivity contribution in [3.63, 3.8) is 0 Å². The van der Waals surface area contributed by atoms with Gasteiger partial charge in [-0.2, -0.15) is 0 Å². The molecule has 1 aromatic carbocycles. The Bertz CT molecular complexity index is 328. The predicted octanol–water partition coefficient (Wildman–Crippen LogP) is 1.41. The van der Waals surface area contributed by atoms with Crippen molar-refractivity contribution in [3.8, 4) is 0 Å². The van der Waals surface area contributed by atoms with Crippen LogP contribution in [-0.4, -0.2) is 13.1 Å². The van der Waals surface area contributed by atoms with E-state index in [2.05, 4.69) is 10.2 Å². The molecule has 1 aromatic rings. The van der Waals surface area contributed by atoms with Gasteiger partial charge in [-0.05, 0) is 18.2 Å². The summed E-state index contributed by atoms with van der Waals surface area (Å²) in [5, 5.41) is 0.339. The molecule has 4 nitrogen and oxygen atoms in total. The van der Waals surface area contributed by atoms with E-state index in [1.165, 1.54) is 13.2 Å². The van der Waals surface area contributed by atoms with E-state index in [0.717, 1.165) is 0 Å². The van der Waals surface area contributed by atoms with Gasteiger partial charge in [0.2, 0.25) is 0 Å². The molecule has 13 heavy (non-hydrogen) atoms. The van der Waals surface area contributed by atoms with Crippen molar-refractivity contribution in [2.75, 3.05) is 12.5 Å². The summed E-state index contributed by atoms with van der Waals surface area (Å²) in [4.78, 5) is 11.1. The number of nitrogens with one attached hydrogen (secondary N) is 1. The van der Waals surface area contributed by atoms with Crippen LogP contribution in [0.25, 0.3) is 0 Å². The number of methoxy groups -OCH3 is 1. The maximum Gasteiger partial charge on any atom is 0.339 e. The minimum Gasteiger partial charge on any atom is -0.465 e. The quantitative estimate of drug-likeness (QED) is 0.431. The van der Waals surface area contributed by atoms with Crippen molar-refractivity contribution >= 4 is 23.3 Å². The van der Waals surface area contributed by atoms with Gasteiger partial charge in [-0.15, -0.1) is 0 Å². The van der Waals surface area contributed by atoms with Gasteiger partial charge >= 0.3 is 5.97 Å². The van der Waals surface area contributed by atoms with E-state index in [4.69, 9.17) is 17.4 Å². The zero-order valence-corrected chi connectivity index (χ0v) is 7.76. The molecule has 0 aromatic heterocycles. The van der Waals surface area contributed by atoms with Crippen molar-refractivity contribution in [1.29, 1.82) is 0 Å². The summed E-state index contributed by atoms with van der Waals surface area (Å²) in [5.74, 6) is 4.68. The van der Waals surface area contributed by atoms with Crippen LogP contribution >= 0.6 is 11.6 Å². The Kier molecular flexibility index (Phi) is 3.11. The fourth-order valence-electron chi connectivity index (χ4n) is 0.881. The highest BCUT2D eigenvalue weighted by Crippen LogP contribution is 2.20. The number of hydrogen-bond acceptors (Lipinski definition) is 4. The Morgan fingerprint density at radius 2 is 2.31 bits per heavy atom. The SMILES string of the molecule is COC(=O)c1cc(NN)ccc1Cl. The smallest absolute Gasteiger partial charge is 0.339 e. The zero-order valence-electron chi connectivity index (χ0n) is 7.00. The molecule has 0 fully saturated rings. The molecule has 0 aliphatic carbocycles. The van der Waals surface area contributed by atoms with E-state index in [-0.39, 0.29) is 0 Å². The molecule has 0 unspecified atom stereocenters. The number of hydrazine groups is 1. The lowest BCUT2D eigenvalue weighted by molar-refractivity contribution is 0.0601. The highest BCUT2D eigenvalue weighted by molar-refractivity contribution is 6.33. The number of nitrogens with two attached hydrogens (primary N) is 1. The maximum atomic E-state index is 11.1. The fourth-order valence-corrected chi connectivity index (χ4v) is 1.08. The number of carbonyl (C=O) groups is 1. The first-order valence-electron chi connectivity index (χ1n) is 3.53. The summed E-state index contributed by atoms with van der Waals surface area (Å²) in [6, 6.07) is 4.76. The fraction of sp³-hybridized carbons (Fsp3) is 0.125. The number of esters is 1. The Morgan fingerprint density at radius 3 is 2.85 bits per heavy atom. The van der Waals surface area contributed by atoms with Crippen LogP contribution in [0.4, 0.5) is 5.69 Å². The molecule has 1 rings (SSSR count). The Morgan fingerprint density at radius 1 is 1.62 bits per heavy atom. The summed E-state index contributed by atoms with van der Waals surface area (Å²) in [6.07, 6.45) is 0. The van der Waals surface area contributed by atoms with E-state index in [1.54, 1.807) is 12.1 Å². The van der Waals surface area contributed by atoms with Crippen LogP contribution in [0.1, 0.15) is 10.4 Å². The summed E-state index contributed by atoms with van der Waals surface area (Å²) >= 11 is 5.76. The summed E-state index contributed by atoms with van der Waals surface area (Å²) < 4.78 is 4.52. The van der Waals surface area contributed by atoms with Gasteiger partial charge in [0.1, 0.15) is 0 Å². The Balaban J connectivity index is 3.11. The lowest BCUT2D eigenvalue weighted by Gasteiger charge is -2.04. The third kappa shape index (κ3) is 2.11. The van der Waals surface area contributed by atoms with Crippen LogP contribution in [0.15, 0.2) is 18.2 Å². The molecule has 5 heteroatoms. The molecule has 0 radical (unpaired) electrons. The molecule has 0 saturated heterocycles. The van der Waals surface area contributed by atoms with Crippen molar-refractivity contribution in [3.05, 3.63) is 28.8 Å². The molecule has 0 aliphatic rings. The van der Waals surface area contributed by atoms with Gasteiger partial charge in [0.15, 0.2) is 0 Å². The number of halogens is 1. The number of ether oxygens (including phenoxy) is 1. The van der Waals surface area contributed by atoms with Gasteiger partial charge < -0.3 is 10.2 Å². The average molecular weight is 201 g/mol. The average Bonchev–Trinajstić information content (AvgIpc) is 2.17. The van der Waals surface area contributed by atoms with Gasteiger partial charge in [0, 0.05) is 5.69 Å². The Hall–Kier alpha value is -1.26. The second-order valence-electron chi connectivity index (χ2n) is 2.33. The normalized spacial score (nSPS) is 9.46. The molecule has 0 spiro atoms. The number of nitrogen functional groups attached to an aromatic ring is 1.